The van der Waals surface area contributed by atoms with E-state index >= 15 is 0 Å². The number of rotatable bonds is 7. The number of aromatic nitrogens is 3. The molecule has 2 N–H and O–H groups in total. The van der Waals surface area contributed by atoms with Crippen LogP contribution in [0.5, 0.6) is 0 Å². The van der Waals surface area contributed by atoms with Crippen molar-refractivity contribution in [3.8, 4) is 17.2 Å². The summed E-state index contributed by atoms with van der Waals surface area (Å²) in [5.41, 5.74) is 2.40. The van der Waals surface area contributed by atoms with Crippen molar-refractivity contribution in [2.75, 3.05) is 50.0 Å². The molecule has 1 aliphatic heterocycles. The average Bonchev–Trinajstić information content (AvgIpc) is 2.80. The third-order valence-corrected chi connectivity index (χ3v) is 4.88. The Morgan fingerprint density at radius 1 is 1.13 bits per heavy atom. The third kappa shape index (κ3) is 5.51. The summed E-state index contributed by atoms with van der Waals surface area (Å²) in [6.45, 7) is 4.82. The summed E-state index contributed by atoms with van der Waals surface area (Å²) in [6, 6.07) is 11.7. The van der Waals surface area contributed by atoms with Crippen molar-refractivity contribution in [3.05, 3.63) is 60.3 Å². The minimum atomic E-state index is -0.317. The van der Waals surface area contributed by atoms with Gasteiger partial charge in [0.1, 0.15) is 23.4 Å². The van der Waals surface area contributed by atoms with Gasteiger partial charge in [-0.15, -0.1) is 0 Å². The van der Waals surface area contributed by atoms with Crippen LogP contribution in [0.2, 0.25) is 0 Å². The molecule has 9 heteroatoms. The van der Waals surface area contributed by atoms with E-state index in [1.54, 1.807) is 30.6 Å². The minimum absolute atomic E-state index is 0.317. The van der Waals surface area contributed by atoms with Gasteiger partial charge in [0.05, 0.1) is 25.1 Å². The van der Waals surface area contributed by atoms with Gasteiger partial charge in [-0.25, -0.2) is 14.4 Å². The number of halogens is 1. The third-order valence-electron chi connectivity index (χ3n) is 4.88. The van der Waals surface area contributed by atoms with Crippen LogP contribution in [0.1, 0.15) is 5.69 Å². The number of benzene rings is 1. The molecule has 1 aliphatic rings. The van der Waals surface area contributed by atoms with Gasteiger partial charge in [-0.1, -0.05) is 12.1 Å². The second-order valence-electron chi connectivity index (χ2n) is 7.02. The van der Waals surface area contributed by atoms with Crippen LogP contribution < -0.4 is 10.6 Å². The van der Waals surface area contributed by atoms with Crippen LogP contribution in [0.15, 0.2) is 48.8 Å². The molecule has 4 rings (SSSR count). The molecule has 0 radical (unpaired) electrons. The van der Waals surface area contributed by atoms with Gasteiger partial charge in [0.25, 0.3) is 0 Å². The monoisotopic (exact) mass is 419 g/mol. The van der Waals surface area contributed by atoms with E-state index in [1.807, 2.05) is 12.1 Å². The number of morpholine rings is 1. The van der Waals surface area contributed by atoms with Crippen LogP contribution in [0.25, 0.3) is 11.1 Å². The summed E-state index contributed by atoms with van der Waals surface area (Å²) in [4.78, 5) is 15.3. The molecule has 8 nitrogen and oxygen atoms in total. The fourth-order valence-electron chi connectivity index (χ4n) is 3.26. The Balaban J connectivity index is 1.54. The number of nitrogens with one attached hydrogen (secondary N) is 2. The maximum atomic E-state index is 13.8. The summed E-state index contributed by atoms with van der Waals surface area (Å²) >= 11 is 0. The van der Waals surface area contributed by atoms with E-state index in [2.05, 4.69) is 30.5 Å². The number of hydrogen-bond acceptors (Lipinski definition) is 8. The molecular weight excluding hydrogens is 397 g/mol. The van der Waals surface area contributed by atoms with Crippen LogP contribution in [0.4, 0.5) is 21.8 Å². The highest BCUT2D eigenvalue weighted by atomic mass is 19.1. The predicted octanol–water partition coefficient (Wildman–Crippen LogP) is 3.04. The minimum Gasteiger partial charge on any atom is -0.379 e. The van der Waals surface area contributed by atoms with Crippen LogP contribution in [0, 0.1) is 17.1 Å². The highest BCUT2D eigenvalue weighted by Crippen LogP contribution is 2.28. The molecule has 1 fully saturated rings. The average molecular weight is 419 g/mol. The van der Waals surface area contributed by atoms with Crippen molar-refractivity contribution >= 4 is 17.5 Å². The highest BCUT2D eigenvalue weighted by molar-refractivity contribution is 5.75. The summed E-state index contributed by atoms with van der Waals surface area (Å²) in [5.74, 6) is 0.668. The maximum absolute atomic E-state index is 13.8. The molecule has 0 atom stereocenters. The van der Waals surface area contributed by atoms with Crippen LogP contribution in [0.3, 0.4) is 0 Å². The number of hydrogen-bond donors (Lipinski definition) is 2. The summed E-state index contributed by atoms with van der Waals surface area (Å²) in [7, 11) is 0. The molecule has 0 aliphatic carbocycles. The van der Waals surface area contributed by atoms with Crippen molar-refractivity contribution in [2.45, 2.75) is 0 Å². The molecule has 1 saturated heterocycles. The Kier molecular flexibility index (Phi) is 6.62. The summed E-state index contributed by atoms with van der Waals surface area (Å²) in [6.07, 6.45) is 3.21. The number of anilines is 3. The van der Waals surface area contributed by atoms with Gasteiger partial charge in [0, 0.05) is 37.9 Å². The summed E-state index contributed by atoms with van der Waals surface area (Å²) in [5, 5.41) is 15.3. The highest BCUT2D eigenvalue weighted by Gasteiger charge is 2.13. The largest absolute Gasteiger partial charge is 0.379 e. The Hall–Kier alpha value is -3.61. The standard InChI is InChI=1S/C22H22FN7O/c23-17-3-1-2-16(12-17)20-15-27-22(28-19-5-4-18(13-24)26-14-19)29-21(20)25-6-7-30-8-10-31-11-9-30/h1-5,12,14-15H,6-11H2,(H2,25,27,28,29). The van der Waals surface area contributed by atoms with Gasteiger partial charge in [-0.05, 0) is 29.8 Å². The van der Waals surface area contributed by atoms with E-state index in [-0.39, 0.29) is 5.82 Å². The van der Waals surface area contributed by atoms with E-state index in [1.165, 1.54) is 12.1 Å². The van der Waals surface area contributed by atoms with Gasteiger partial charge in [0.2, 0.25) is 5.95 Å². The second-order valence-corrected chi connectivity index (χ2v) is 7.02. The van der Waals surface area contributed by atoms with E-state index in [9.17, 15) is 4.39 Å². The zero-order valence-corrected chi connectivity index (χ0v) is 16.9. The van der Waals surface area contributed by atoms with E-state index in [0.29, 0.717) is 40.8 Å². The molecule has 0 saturated carbocycles. The number of ether oxygens (including phenoxy) is 1. The molecule has 3 heterocycles. The van der Waals surface area contributed by atoms with E-state index in [0.717, 1.165) is 32.8 Å². The van der Waals surface area contributed by atoms with Crippen molar-refractivity contribution in [1.29, 1.82) is 5.26 Å². The van der Waals surface area contributed by atoms with Gasteiger partial charge in [-0.3, -0.25) is 4.90 Å². The van der Waals surface area contributed by atoms with Gasteiger partial charge in [0.15, 0.2) is 0 Å². The molecule has 1 aromatic carbocycles. The van der Waals surface area contributed by atoms with Gasteiger partial charge < -0.3 is 15.4 Å². The molecule has 0 spiro atoms. The van der Waals surface area contributed by atoms with Crippen LogP contribution >= 0.6 is 0 Å². The van der Waals surface area contributed by atoms with Crippen molar-refractivity contribution in [1.82, 2.24) is 19.9 Å². The fourth-order valence-corrected chi connectivity index (χ4v) is 3.26. The fraction of sp³-hybridized carbons (Fsp3) is 0.273. The zero-order valence-electron chi connectivity index (χ0n) is 16.9. The first-order chi connectivity index (χ1) is 15.2. The lowest BCUT2D eigenvalue weighted by molar-refractivity contribution is 0.0398. The molecular formula is C22H22FN7O. The second kappa shape index (κ2) is 9.93. The lowest BCUT2D eigenvalue weighted by atomic mass is 10.1. The normalized spacial score (nSPS) is 14.1. The summed E-state index contributed by atoms with van der Waals surface area (Å²) < 4.78 is 19.2. The molecule has 158 valence electrons. The van der Waals surface area contributed by atoms with E-state index in [4.69, 9.17) is 10.00 Å². The zero-order chi connectivity index (χ0) is 21.5. The first kappa shape index (κ1) is 20.7. The molecule has 0 bridgehead atoms. The molecule has 0 unspecified atom stereocenters. The Morgan fingerprint density at radius 3 is 2.74 bits per heavy atom. The van der Waals surface area contributed by atoms with E-state index < -0.39 is 0 Å². The Morgan fingerprint density at radius 2 is 2.00 bits per heavy atom. The van der Waals surface area contributed by atoms with Crippen LogP contribution in [-0.2, 0) is 4.74 Å². The Bertz CT molecular complexity index is 1060. The number of nitrogens with zero attached hydrogens (tertiary/aromatic N) is 5. The van der Waals surface area contributed by atoms with Crippen molar-refractivity contribution < 1.29 is 9.13 Å². The maximum Gasteiger partial charge on any atom is 0.229 e. The number of nitriles is 1. The van der Waals surface area contributed by atoms with Crippen molar-refractivity contribution in [2.24, 2.45) is 0 Å². The molecule has 31 heavy (non-hydrogen) atoms. The lowest BCUT2D eigenvalue weighted by Crippen LogP contribution is -2.39. The smallest absolute Gasteiger partial charge is 0.229 e. The van der Waals surface area contributed by atoms with Gasteiger partial charge in [-0.2, -0.15) is 10.2 Å². The SMILES string of the molecule is N#Cc1ccc(Nc2ncc(-c3cccc(F)c3)c(NCCN3CCOCC3)n2)cn1. The quantitative estimate of drug-likeness (QED) is 0.603. The van der Waals surface area contributed by atoms with Crippen molar-refractivity contribution in [3.63, 3.8) is 0 Å². The predicted molar refractivity (Wildman–Crippen MR) is 115 cm³/mol. The Labute approximate surface area is 179 Å². The lowest BCUT2D eigenvalue weighted by Gasteiger charge is -2.26. The van der Waals surface area contributed by atoms with Gasteiger partial charge >= 0.3 is 0 Å². The first-order valence-electron chi connectivity index (χ1n) is 10.0. The van der Waals surface area contributed by atoms with Crippen LogP contribution in [-0.4, -0.2) is 59.2 Å². The first-order valence-corrected chi connectivity index (χ1v) is 10.0. The topological polar surface area (TPSA) is 99.0 Å². The number of pyridine rings is 1. The molecule has 0 amide bonds. The molecule has 2 aromatic heterocycles. The molecule has 3 aromatic rings.